The van der Waals surface area contributed by atoms with Crippen molar-refractivity contribution in [3.8, 4) is 0 Å². The van der Waals surface area contributed by atoms with Gasteiger partial charge in [0.25, 0.3) is 0 Å². The number of benzene rings is 1. The zero-order chi connectivity index (χ0) is 14.8. The lowest BCUT2D eigenvalue weighted by molar-refractivity contribution is -0.121. The summed E-state index contributed by atoms with van der Waals surface area (Å²) in [6.45, 7) is 2.13. The number of carbonyl (C=O) groups is 1. The molecule has 0 aliphatic rings. The van der Waals surface area contributed by atoms with Gasteiger partial charge >= 0.3 is 0 Å². The Hall–Kier alpha value is -2.04. The standard InChI is InChI=1S/C15H23N3O2/c1-2-3-4-8-11-13(19)17-14(15(16)18-20)12-9-6-5-7-10-12/h5-7,9-10,14,20H,2-4,8,11H2,1H3,(H2,16,18)(H,17,19). The van der Waals surface area contributed by atoms with Gasteiger partial charge in [-0.25, -0.2) is 0 Å². The summed E-state index contributed by atoms with van der Waals surface area (Å²) in [5.74, 6) is -0.0975. The fraction of sp³-hybridized carbons (Fsp3) is 0.467. The van der Waals surface area contributed by atoms with Gasteiger partial charge in [0.05, 0.1) is 0 Å². The van der Waals surface area contributed by atoms with E-state index >= 15 is 0 Å². The maximum Gasteiger partial charge on any atom is 0.220 e. The summed E-state index contributed by atoms with van der Waals surface area (Å²) in [4.78, 5) is 11.9. The maximum absolute atomic E-state index is 11.9. The highest BCUT2D eigenvalue weighted by Gasteiger charge is 2.18. The Bertz CT molecular complexity index is 432. The van der Waals surface area contributed by atoms with Crippen LogP contribution in [0.25, 0.3) is 0 Å². The summed E-state index contributed by atoms with van der Waals surface area (Å²) in [5.41, 5.74) is 6.46. The summed E-state index contributed by atoms with van der Waals surface area (Å²) < 4.78 is 0. The number of rotatable bonds is 8. The van der Waals surface area contributed by atoms with Crippen LogP contribution in [-0.2, 0) is 4.79 Å². The second kappa shape index (κ2) is 8.96. The molecule has 0 bridgehead atoms. The van der Waals surface area contributed by atoms with Gasteiger partial charge < -0.3 is 16.3 Å². The summed E-state index contributed by atoms with van der Waals surface area (Å²) in [5, 5.41) is 14.7. The Morgan fingerprint density at radius 1 is 1.30 bits per heavy atom. The van der Waals surface area contributed by atoms with E-state index in [1.165, 1.54) is 0 Å². The van der Waals surface area contributed by atoms with E-state index in [9.17, 15) is 4.79 Å². The molecule has 1 aromatic carbocycles. The number of amides is 1. The third-order valence-corrected chi connectivity index (χ3v) is 3.11. The molecule has 110 valence electrons. The summed E-state index contributed by atoms with van der Waals surface area (Å²) in [6.07, 6.45) is 4.64. The molecular formula is C15H23N3O2. The van der Waals surface area contributed by atoms with E-state index in [1.807, 2.05) is 30.3 Å². The van der Waals surface area contributed by atoms with Crippen LogP contribution >= 0.6 is 0 Å². The van der Waals surface area contributed by atoms with Crippen molar-refractivity contribution in [2.45, 2.75) is 45.1 Å². The van der Waals surface area contributed by atoms with E-state index < -0.39 is 6.04 Å². The molecule has 1 atom stereocenters. The van der Waals surface area contributed by atoms with E-state index in [0.717, 1.165) is 31.2 Å². The molecule has 0 saturated heterocycles. The Morgan fingerprint density at radius 3 is 2.60 bits per heavy atom. The number of nitrogens with one attached hydrogen (secondary N) is 1. The zero-order valence-corrected chi connectivity index (χ0v) is 11.9. The van der Waals surface area contributed by atoms with Gasteiger partial charge in [0.1, 0.15) is 6.04 Å². The van der Waals surface area contributed by atoms with Crippen molar-refractivity contribution in [2.75, 3.05) is 0 Å². The summed E-state index contributed by atoms with van der Waals surface area (Å²) in [7, 11) is 0. The molecule has 1 aromatic rings. The van der Waals surface area contributed by atoms with Gasteiger partial charge in [0.15, 0.2) is 5.84 Å². The smallest absolute Gasteiger partial charge is 0.220 e. The number of carbonyl (C=O) groups excluding carboxylic acids is 1. The van der Waals surface area contributed by atoms with Crippen LogP contribution < -0.4 is 11.1 Å². The molecular weight excluding hydrogens is 254 g/mol. The first-order valence-electron chi connectivity index (χ1n) is 7.00. The number of nitrogens with two attached hydrogens (primary N) is 1. The van der Waals surface area contributed by atoms with Crippen LogP contribution in [0.15, 0.2) is 35.5 Å². The molecule has 0 aliphatic carbocycles. The third kappa shape index (κ3) is 5.30. The predicted molar refractivity (Wildman–Crippen MR) is 79.5 cm³/mol. The van der Waals surface area contributed by atoms with Crippen molar-refractivity contribution in [1.29, 1.82) is 0 Å². The van der Waals surface area contributed by atoms with Crippen LogP contribution in [0, 0.1) is 0 Å². The number of amidine groups is 1. The molecule has 0 saturated carbocycles. The zero-order valence-electron chi connectivity index (χ0n) is 11.9. The highest BCUT2D eigenvalue weighted by atomic mass is 16.4. The fourth-order valence-corrected chi connectivity index (χ4v) is 1.98. The first-order chi connectivity index (χ1) is 9.69. The van der Waals surface area contributed by atoms with E-state index in [4.69, 9.17) is 10.9 Å². The van der Waals surface area contributed by atoms with E-state index in [-0.39, 0.29) is 11.7 Å². The number of nitrogens with zero attached hydrogens (tertiary/aromatic N) is 1. The van der Waals surface area contributed by atoms with E-state index in [0.29, 0.717) is 6.42 Å². The summed E-state index contributed by atoms with van der Waals surface area (Å²) in [6, 6.07) is 8.65. The lowest BCUT2D eigenvalue weighted by atomic mass is 10.1. The minimum atomic E-state index is -0.583. The number of oxime groups is 1. The average Bonchev–Trinajstić information content (AvgIpc) is 2.49. The van der Waals surface area contributed by atoms with Crippen molar-refractivity contribution < 1.29 is 10.0 Å². The normalized spacial score (nSPS) is 12.9. The van der Waals surface area contributed by atoms with Crippen molar-refractivity contribution in [2.24, 2.45) is 10.9 Å². The van der Waals surface area contributed by atoms with E-state index in [2.05, 4.69) is 17.4 Å². The third-order valence-electron chi connectivity index (χ3n) is 3.11. The molecule has 0 heterocycles. The van der Waals surface area contributed by atoms with Crippen LogP contribution in [0.3, 0.4) is 0 Å². The monoisotopic (exact) mass is 277 g/mol. The van der Waals surface area contributed by atoms with Gasteiger partial charge in [-0.05, 0) is 12.0 Å². The maximum atomic E-state index is 11.9. The largest absolute Gasteiger partial charge is 0.409 e. The molecule has 1 amide bonds. The van der Waals surface area contributed by atoms with Crippen LogP contribution in [0.2, 0.25) is 0 Å². The molecule has 5 heteroatoms. The quantitative estimate of drug-likeness (QED) is 0.224. The lowest BCUT2D eigenvalue weighted by Crippen LogP contribution is -2.37. The highest BCUT2D eigenvalue weighted by molar-refractivity contribution is 5.90. The van der Waals surface area contributed by atoms with Crippen molar-refractivity contribution in [3.63, 3.8) is 0 Å². The Balaban J connectivity index is 2.60. The van der Waals surface area contributed by atoms with Crippen LogP contribution in [0.1, 0.15) is 50.6 Å². The molecule has 0 aliphatic heterocycles. The average molecular weight is 277 g/mol. The van der Waals surface area contributed by atoms with Crippen LogP contribution in [-0.4, -0.2) is 17.0 Å². The van der Waals surface area contributed by atoms with Crippen LogP contribution in [0.4, 0.5) is 0 Å². The molecule has 0 fully saturated rings. The minimum absolute atomic E-state index is 0.0156. The molecule has 5 nitrogen and oxygen atoms in total. The first kappa shape index (κ1) is 16.0. The highest BCUT2D eigenvalue weighted by Crippen LogP contribution is 2.13. The number of hydrogen-bond acceptors (Lipinski definition) is 3. The van der Waals surface area contributed by atoms with Gasteiger partial charge in [0, 0.05) is 6.42 Å². The summed E-state index contributed by atoms with van der Waals surface area (Å²) >= 11 is 0. The van der Waals surface area contributed by atoms with Crippen molar-refractivity contribution in [3.05, 3.63) is 35.9 Å². The molecule has 0 aromatic heterocycles. The lowest BCUT2D eigenvalue weighted by Gasteiger charge is -2.17. The first-order valence-corrected chi connectivity index (χ1v) is 7.00. The van der Waals surface area contributed by atoms with E-state index in [1.54, 1.807) is 0 Å². The number of unbranched alkanes of at least 4 members (excludes halogenated alkanes) is 3. The molecule has 0 spiro atoms. The Kier molecular flexibility index (Phi) is 7.17. The van der Waals surface area contributed by atoms with Crippen LogP contribution in [0.5, 0.6) is 0 Å². The Labute approximate surface area is 119 Å². The Morgan fingerprint density at radius 2 is 2.00 bits per heavy atom. The van der Waals surface area contributed by atoms with Crippen molar-refractivity contribution in [1.82, 2.24) is 5.32 Å². The second-order valence-electron chi connectivity index (χ2n) is 4.75. The molecule has 20 heavy (non-hydrogen) atoms. The predicted octanol–water partition coefficient (Wildman–Crippen LogP) is 2.56. The molecule has 1 rings (SSSR count). The minimum Gasteiger partial charge on any atom is -0.409 e. The van der Waals surface area contributed by atoms with Crippen molar-refractivity contribution >= 4 is 11.7 Å². The number of hydrogen-bond donors (Lipinski definition) is 3. The molecule has 0 radical (unpaired) electrons. The molecule has 4 N–H and O–H groups in total. The topological polar surface area (TPSA) is 87.7 Å². The molecule has 1 unspecified atom stereocenters. The van der Waals surface area contributed by atoms with Gasteiger partial charge in [-0.1, -0.05) is 61.7 Å². The van der Waals surface area contributed by atoms with Gasteiger partial charge in [-0.15, -0.1) is 0 Å². The van der Waals surface area contributed by atoms with Gasteiger partial charge in [-0.3, -0.25) is 4.79 Å². The SMILES string of the molecule is CCCCCCC(=O)NC(/C(N)=N/O)c1ccccc1. The second-order valence-corrected chi connectivity index (χ2v) is 4.75. The fourth-order valence-electron chi connectivity index (χ4n) is 1.98. The van der Waals surface area contributed by atoms with Gasteiger partial charge in [-0.2, -0.15) is 0 Å². The van der Waals surface area contributed by atoms with Gasteiger partial charge in [0.2, 0.25) is 5.91 Å².